The number of rotatable bonds is 5. The molecule has 0 aliphatic heterocycles. The zero-order valence-corrected chi connectivity index (χ0v) is 7.34. The predicted octanol–water partition coefficient (Wildman–Crippen LogP) is 0.211. The van der Waals surface area contributed by atoms with Crippen LogP contribution in [-0.2, 0) is 19.0 Å². The first-order valence-electron chi connectivity index (χ1n) is 3.23. The predicted molar refractivity (Wildman–Crippen MR) is 39.3 cm³/mol. The second-order valence-corrected chi connectivity index (χ2v) is 2.21. The van der Waals surface area contributed by atoms with Gasteiger partial charge in [-0.15, -0.1) is 0 Å². The Morgan fingerprint density at radius 1 is 1.27 bits per heavy atom. The Bertz CT molecular complexity index is 128. The van der Waals surface area contributed by atoms with Crippen molar-refractivity contribution in [2.75, 3.05) is 27.9 Å². The van der Waals surface area contributed by atoms with E-state index in [2.05, 4.69) is 4.74 Å². The summed E-state index contributed by atoms with van der Waals surface area (Å²) in [6.45, 7) is 1.55. The first-order valence-corrected chi connectivity index (χ1v) is 3.23. The largest absolute Gasteiger partial charge is 0.377 e. The van der Waals surface area contributed by atoms with Gasteiger partial charge in [0.05, 0.1) is 0 Å². The highest BCUT2D eigenvalue weighted by Crippen LogP contribution is 2.10. The Kier molecular flexibility index (Phi) is 4.25. The molecule has 0 aromatic heterocycles. The first kappa shape index (κ1) is 10.6. The summed E-state index contributed by atoms with van der Waals surface area (Å²) in [6, 6.07) is 0. The SMILES string of the molecule is COCC(=O)C(C)(OC)OC. The van der Waals surface area contributed by atoms with E-state index >= 15 is 0 Å². The Hall–Kier alpha value is -0.450. The number of methoxy groups -OCH3 is 3. The molecule has 0 aliphatic carbocycles. The van der Waals surface area contributed by atoms with Crippen LogP contribution in [-0.4, -0.2) is 39.5 Å². The molecule has 0 atom stereocenters. The third-order valence-electron chi connectivity index (χ3n) is 1.56. The van der Waals surface area contributed by atoms with Gasteiger partial charge in [0.25, 0.3) is 0 Å². The maximum atomic E-state index is 11.2. The molecule has 0 heterocycles. The Balaban J connectivity index is 4.12. The summed E-state index contributed by atoms with van der Waals surface area (Å²) in [5.41, 5.74) is 0. The summed E-state index contributed by atoms with van der Waals surface area (Å²) in [7, 11) is 4.28. The van der Waals surface area contributed by atoms with Crippen LogP contribution in [0.15, 0.2) is 0 Å². The smallest absolute Gasteiger partial charge is 0.227 e. The van der Waals surface area contributed by atoms with Crippen molar-refractivity contribution in [3.8, 4) is 0 Å². The third kappa shape index (κ3) is 2.57. The zero-order chi connectivity index (χ0) is 8.91. The molecule has 0 saturated carbocycles. The molecule has 0 rings (SSSR count). The van der Waals surface area contributed by atoms with E-state index in [0.29, 0.717) is 0 Å². The summed E-state index contributed by atoms with van der Waals surface area (Å²) in [4.78, 5) is 11.2. The number of carbonyl (C=O) groups is 1. The molecule has 0 aromatic carbocycles. The maximum absolute atomic E-state index is 11.2. The maximum Gasteiger partial charge on any atom is 0.227 e. The highest BCUT2D eigenvalue weighted by Gasteiger charge is 2.32. The molecule has 0 fully saturated rings. The van der Waals surface area contributed by atoms with Crippen LogP contribution in [0.4, 0.5) is 0 Å². The van der Waals surface area contributed by atoms with Crippen molar-refractivity contribution < 1.29 is 19.0 Å². The van der Waals surface area contributed by atoms with Gasteiger partial charge in [-0.05, 0) is 6.92 Å². The van der Waals surface area contributed by atoms with Crippen LogP contribution < -0.4 is 0 Å². The van der Waals surface area contributed by atoms with Gasteiger partial charge in [-0.2, -0.15) is 0 Å². The van der Waals surface area contributed by atoms with Gasteiger partial charge in [0, 0.05) is 21.3 Å². The van der Waals surface area contributed by atoms with Gasteiger partial charge in [-0.1, -0.05) is 0 Å². The molecule has 4 heteroatoms. The average Bonchev–Trinajstić information content (AvgIpc) is 2.03. The molecule has 0 aromatic rings. The standard InChI is InChI=1S/C7H14O4/c1-7(10-3,11-4)6(8)5-9-2/h5H2,1-4H3. The van der Waals surface area contributed by atoms with E-state index in [9.17, 15) is 4.79 Å². The first-order chi connectivity index (χ1) is 5.10. The number of carbonyl (C=O) groups excluding carboxylic acids is 1. The van der Waals surface area contributed by atoms with Crippen LogP contribution in [0, 0.1) is 0 Å². The number of ketones is 1. The number of hydrogen-bond donors (Lipinski definition) is 0. The summed E-state index contributed by atoms with van der Waals surface area (Å²) in [6.07, 6.45) is 0. The van der Waals surface area contributed by atoms with Crippen LogP contribution in [0.3, 0.4) is 0 Å². The molecule has 4 nitrogen and oxygen atoms in total. The summed E-state index contributed by atoms with van der Waals surface area (Å²) in [5.74, 6) is -1.40. The molecule has 0 bridgehead atoms. The van der Waals surface area contributed by atoms with Crippen LogP contribution in [0.1, 0.15) is 6.92 Å². The van der Waals surface area contributed by atoms with E-state index in [1.807, 2.05) is 0 Å². The summed E-state index contributed by atoms with van der Waals surface area (Å²) < 4.78 is 14.3. The monoisotopic (exact) mass is 162 g/mol. The Morgan fingerprint density at radius 2 is 1.73 bits per heavy atom. The van der Waals surface area contributed by atoms with Gasteiger partial charge in [0.1, 0.15) is 6.61 Å². The lowest BCUT2D eigenvalue weighted by atomic mass is 10.2. The van der Waals surface area contributed by atoms with Crippen molar-refractivity contribution in [1.82, 2.24) is 0 Å². The van der Waals surface area contributed by atoms with Gasteiger partial charge >= 0.3 is 0 Å². The van der Waals surface area contributed by atoms with E-state index in [1.165, 1.54) is 21.3 Å². The Labute approximate surface area is 66.4 Å². The van der Waals surface area contributed by atoms with Gasteiger partial charge < -0.3 is 14.2 Å². The van der Waals surface area contributed by atoms with Crippen LogP contribution in [0.25, 0.3) is 0 Å². The normalized spacial score (nSPS) is 11.6. The highest BCUT2D eigenvalue weighted by molar-refractivity contribution is 5.86. The molecule has 0 amide bonds. The highest BCUT2D eigenvalue weighted by atomic mass is 16.7. The molecule has 66 valence electrons. The van der Waals surface area contributed by atoms with Gasteiger partial charge in [0.2, 0.25) is 11.6 Å². The minimum Gasteiger partial charge on any atom is -0.377 e. The quantitative estimate of drug-likeness (QED) is 0.542. The zero-order valence-electron chi connectivity index (χ0n) is 7.34. The second kappa shape index (κ2) is 4.43. The number of hydrogen-bond acceptors (Lipinski definition) is 4. The van der Waals surface area contributed by atoms with Crippen LogP contribution in [0.5, 0.6) is 0 Å². The molecule has 0 unspecified atom stereocenters. The molecule has 0 spiro atoms. The number of ether oxygens (including phenoxy) is 3. The minimum absolute atomic E-state index is 0.00181. The van der Waals surface area contributed by atoms with Crippen molar-refractivity contribution >= 4 is 5.78 Å². The van der Waals surface area contributed by atoms with Crippen molar-refractivity contribution in [2.24, 2.45) is 0 Å². The summed E-state index contributed by atoms with van der Waals surface area (Å²) >= 11 is 0. The lowest BCUT2D eigenvalue weighted by Crippen LogP contribution is -2.41. The molecule has 0 N–H and O–H groups in total. The molecule has 0 saturated heterocycles. The molecular formula is C7H14O4. The van der Waals surface area contributed by atoms with E-state index in [-0.39, 0.29) is 12.4 Å². The molecule has 11 heavy (non-hydrogen) atoms. The average molecular weight is 162 g/mol. The second-order valence-electron chi connectivity index (χ2n) is 2.21. The van der Waals surface area contributed by atoms with Crippen LogP contribution in [0.2, 0.25) is 0 Å². The minimum atomic E-state index is -1.17. The topological polar surface area (TPSA) is 44.8 Å². The van der Waals surface area contributed by atoms with E-state index < -0.39 is 5.79 Å². The lowest BCUT2D eigenvalue weighted by Gasteiger charge is -2.23. The summed E-state index contributed by atoms with van der Waals surface area (Å²) in [5, 5.41) is 0. The van der Waals surface area contributed by atoms with Crippen molar-refractivity contribution in [2.45, 2.75) is 12.7 Å². The number of Topliss-reactive ketones (excluding diaryl/α,β-unsaturated/α-hetero) is 1. The van der Waals surface area contributed by atoms with Crippen LogP contribution >= 0.6 is 0 Å². The fourth-order valence-corrected chi connectivity index (χ4v) is 0.573. The lowest BCUT2D eigenvalue weighted by molar-refractivity contribution is -0.201. The van der Waals surface area contributed by atoms with Gasteiger partial charge in [-0.3, -0.25) is 4.79 Å². The van der Waals surface area contributed by atoms with E-state index in [1.54, 1.807) is 6.92 Å². The van der Waals surface area contributed by atoms with Crippen molar-refractivity contribution in [3.05, 3.63) is 0 Å². The van der Waals surface area contributed by atoms with Crippen molar-refractivity contribution in [1.29, 1.82) is 0 Å². The molecule has 0 aliphatic rings. The van der Waals surface area contributed by atoms with E-state index in [4.69, 9.17) is 9.47 Å². The molecule has 0 radical (unpaired) electrons. The van der Waals surface area contributed by atoms with Gasteiger partial charge in [-0.25, -0.2) is 0 Å². The Morgan fingerprint density at radius 3 is 2.00 bits per heavy atom. The molecular weight excluding hydrogens is 148 g/mol. The third-order valence-corrected chi connectivity index (χ3v) is 1.56. The fourth-order valence-electron chi connectivity index (χ4n) is 0.573. The van der Waals surface area contributed by atoms with Crippen molar-refractivity contribution in [3.63, 3.8) is 0 Å². The van der Waals surface area contributed by atoms with Gasteiger partial charge in [0.15, 0.2) is 0 Å². The fraction of sp³-hybridized carbons (Fsp3) is 0.857. The van der Waals surface area contributed by atoms with E-state index in [0.717, 1.165) is 0 Å².